The Morgan fingerprint density at radius 3 is 2.77 bits per heavy atom. The van der Waals surface area contributed by atoms with E-state index in [1.807, 2.05) is 26.0 Å². The lowest BCUT2D eigenvalue weighted by molar-refractivity contribution is -0.127. The largest absolute Gasteiger partial charge is 0.454 e. The highest BCUT2D eigenvalue weighted by Crippen LogP contribution is 2.52. The van der Waals surface area contributed by atoms with Crippen molar-refractivity contribution in [1.29, 1.82) is 0 Å². The van der Waals surface area contributed by atoms with Gasteiger partial charge in [-0.05, 0) is 17.7 Å². The monoisotopic (exact) mass is 356 g/mol. The molecule has 0 spiro atoms. The molecule has 0 bridgehead atoms. The summed E-state index contributed by atoms with van der Waals surface area (Å²) in [6.45, 7) is 4.08. The first-order valence-corrected chi connectivity index (χ1v) is 8.84. The average Bonchev–Trinajstić information content (AvgIpc) is 3.31. The number of carbonyl (C=O) groups is 1. The Morgan fingerprint density at radius 2 is 1.92 bits per heavy atom. The zero-order valence-corrected chi connectivity index (χ0v) is 14.6. The number of ether oxygens (including phenoxy) is 4. The van der Waals surface area contributed by atoms with Crippen LogP contribution in [0.15, 0.2) is 41.5 Å². The standard InChI is InChI=1S/C20H20O6/c1-10-11(2)20(22,12-3-5-14-16(7-12)25-8-23-14)17-13(18(10)21)4-6-15-19(17)26-9-24-15/h3-7,10-11,15,19,22H,8-9H2,1-2H3/t10-,11-,15+,19-,20+/m0/s1. The third-order valence-electron chi connectivity index (χ3n) is 6.15. The lowest BCUT2D eigenvalue weighted by Crippen LogP contribution is -2.51. The number of ketones is 1. The van der Waals surface area contributed by atoms with Crippen LogP contribution in [0.1, 0.15) is 19.4 Å². The van der Waals surface area contributed by atoms with E-state index in [-0.39, 0.29) is 37.3 Å². The van der Waals surface area contributed by atoms with Crippen molar-refractivity contribution in [2.45, 2.75) is 31.7 Å². The SMILES string of the molecule is C[C@@H]1C(=O)C2=C([C@H]3OCO[C@@H]3C=C2)[C@](O)(c2ccc3c(c2)OCO3)[C@H]1C. The van der Waals surface area contributed by atoms with E-state index in [4.69, 9.17) is 18.9 Å². The van der Waals surface area contributed by atoms with Crippen LogP contribution < -0.4 is 9.47 Å². The normalized spacial score (nSPS) is 37.7. The fourth-order valence-electron chi connectivity index (χ4n) is 4.48. The summed E-state index contributed by atoms with van der Waals surface area (Å²) in [7, 11) is 0. The molecular weight excluding hydrogens is 336 g/mol. The van der Waals surface area contributed by atoms with E-state index >= 15 is 0 Å². The van der Waals surface area contributed by atoms with Gasteiger partial charge in [0.1, 0.15) is 24.6 Å². The molecule has 6 heteroatoms. The van der Waals surface area contributed by atoms with Gasteiger partial charge in [0.25, 0.3) is 0 Å². The molecule has 5 rings (SSSR count). The number of Topliss-reactive ketones (excluding diaryl/α,β-unsaturated/α-hetero) is 1. The summed E-state index contributed by atoms with van der Waals surface area (Å²) >= 11 is 0. The van der Waals surface area contributed by atoms with Crippen molar-refractivity contribution in [3.05, 3.63) is 47.1 Å². The van der Waals surface area contributed by atoms with Gasteiger partial charge >= 0.3 is 0 Å². The molecule has 1 aromatic rings. The Balaban J connectivity index is 1.73. The fourth-order valence-corrected chi connectivity index (χ4v) is 4.48. The molecule has 0 saturated carbocycles. The molecule has 1 fully saturated rings. The molecule has 0 radical (unpaired) electrons. The highest BCUT2D eigenvalue weighted by Gasteiger charge is 2.55. The zero-order valence-electron chi connectivity index (χ0n) is 14.6. The number of allylic oxidation sites excluding steroid dienone is 2. The molecule has 2 aliphatic heterocycles. The van der Waals surface area contributed by atoms with E-state index < -0.39 is 11.7 Å². The molecule has 1 saturated heterocycles. The molecule has 0 aromatic heterocycles. The van der Waals surface area contributed by atoms with Crippen molar-refractivity contribution in [2.24, 2.45) is 11.8 Å². The molecule has 4 aliphatic rings. The summed E-state index contributed by atoms with van der Waals surface area (Å²) in [6, 6.07) is 5.43. The van der Waals surface area contributed by atoms with Crippen molar-refractivity contribution in [1.82, 2.24) is 0 Å². The number of hydrogen-bond acceptors (Lipinski definition) is 6. The van der Waals surface area contributed by atoms with Crippen molar-refractivity contribution in [3.63, 3.8) is 0 Å². The lowest BCUT2D eigenvalue weighted by atomic mass is 9.61. The summed E-state index contributed by atoms with van der Waals surface area (Å²) in [5.74, 6) is 0.628. The quantitative estimate of drug-likeness (QED) is 0.830. The van der Waals surface area contributed by atoms with Gasteiger partial charge in [0.05, 0.1) is 0 Å². The van der Waals surface area contributed by atoms with Crippen LogP contribution in [0.4, 0.5) is 0 Å². The Kier molecular flexibility index (Phi) is 3.35. The molecule has 6 nitrogen and oxygen atoms in total. The van der Waals surface area contributed by atoms with Crippen LogP contribution in [0.25, 0.3) is 0 Å². The van der Waals surface area contributed by atoms with Gasteiger partial charge in [0.2, 0.25) is 6.79 Å². The average molecular weight is 356 g/mol. The first kappa shape index (κ1) is 16.1. The summed E-state index contributed by atoms with van der Waals surface area (Å²) in [6.07, 6.45) is 2.86. The Hall–Kier alpha value is -2.15. The smallest absolute Gasteiger partial charge is 0.231 e. The minimum atomic E-state index is -1.36. The molecule has 2 heterocycles. The van der Waals surface area contributed by atoms with E-state index in [9.17, 15) is 9.90 Å². The molecule has 136 valence electrons. The van der Waals surface area contributed by atoms with Crippen LogP contribution in [0.5, 0.6) is 11.5 Å². The van der Waals surface area contributed by atoms with Crippen LogP contribution >= 0.6 is 0 Å². The second kappa shape index (κ2) is 5.42. The Labute approximate surface area is 151 Å². The summed E-state index contributed by atoms with van der Waals surface area (Å²) < 4.78 is 22.2. The summed E-state index contributed by atoms with van der Waals surface area (Å²) in [5, 5.41) is 12.0. The highest BCUT2D eigenvalue weighted by molar-refractivity contribution is 6.02. The zero-order chi connectivity index (χ0) is 18.1. The first-order valence-electron chi connectivity index (χ1n) is 8.84. The van der Waals surface area contributed by atoms with Crippen molar-refractivity contribution in [3.8, 4) is 11.5 Å². The number of rotatable bonds is 1. The molecule has 2 aliphatic carbocycles. The summed E-state index contributed by atoms with van der Waals surface area (Å²) in [5.41, 5.74) is 0.440. The van der Waals surface area contributed by atoms with Crippen molar-refractivity contribution in [2.75, 3.05) is 13.6 Å². The van der Waals surface area contributed by atoms with Gasteiger partial charge in [-0.1, -0.05) is 32.1 Å². The number of carbonyl (C=O) groups excluding carboxylic acids is 1. The fraction of sp³-hybridized carbons (Fsp3) is 0.450. The van der Waals surface area contributed by atoms with Crippen LogP contribution in [-0.2, 0) is 19.9 Å². The van der Waals surface area contributed by atoms with E-state index in [1.165, 1.54) is 0 Å². The first-order chi connectivity index (χ1) is 12.5. The lowest BCUT2D eigenvalue weighted by Gasteiger charge is -2.47. The van der Waals surface area contributed by atoms with Gasteiger partial charge in [-0.15, -0.1) is 0 Å². The number of hydrogen-bond donors (Lipinski definition) is 1. The Morgan fingerprint density at radius 1 is 1.12 bits per heavy atom. The molecular formula is C20H20O6. The third-order valence-corrected chi connectivity index (χ3v) is 6.15. The second-order valence-corrected chi connectivity index (χ2v) is 7.30. The minimum Gasteiger partial charge on any atom is -0.454 e. The van der Waals surface area contributed by atoms with Crippen LogP contribution in [-0.4, -0.2) is 36.7 Å². The van der Waals surface area contributed by atoms with Crippen LogP contribution in [0, 0.1) is 11.8 Å². The predicted molar refractivity (Wildman–Crippen MR) is 90.6 cm³/mol. The minimum absolute atomic E-state index is 0.0307. The van der Waals surface area contributed by atoms with Crippen molar-refractivity contribution < 1.29 is 28.8 Å². The van der Waals surface area contributed by atoms with Crippen LogP contribution in [0.2, 0.25) is 0 Å². The van der Waals surface area contributed by atoms with Crippen molar-refractivity contribution >= 4 is 5.78 Å². The van der Waals surface area contributed by atoms with Gasteiger partial charge in [-0.25, -0.2) is 0 Å². The number of aliphatic hydroxyl groups is 1. The maximum atomic E-state index is 12.9. The van der Waals surface area contributed by atoms with Gasteiger partial charge in [0.15, 0.2) is 17.3 Å². The number of fused-ring (bicyclic) bond motifs is 3. The molecule has 1 aromatic carbocycles. The number of benzene rings is 1. The third kappa shape index (κ3) is 1.95. The maximum Gasteiger partial charge on any atom is 0.231 e. The van der Waals surface area contributed by atoms with Gasteiger partial charge in [-0.2, -0.15) is 0 Å². The molecule has 26 heavy (non-hydrogen) atoms. The van der Waals surface area contributed by atoms with Gasteiger partial charge < -0.3 is 24.1 Å². The maximum absolute atomic E-state index is 12.9. The molecule has 1 N–H and O–H groups in total. The van der Waals surface area contributed by atoms with Gasteiger partial charge in [0, 0.05) is 23.0 Å². The Bertz CT molecular complexity index is 856. The van der Waals surface area contributed by atoms with E-state index in [1.54, 1.807) is 18.2 Å². The topological polar surface area (TPSA) is 74.2 Å². The van der Waals surface area contributed by atoms with Crippen LogP contribution in [0.3, 0.4) is 0 Å². The van der Waals surface area contributed by atoms with E-state index in [2.05, 4.69) is 0 Å². The summed E-state index contributed by atoms with van der Waals surface area (Å²) in [4.78, 5) is 12.9. The second-order valence-electron chi connectivity index (χ2n) is 7.30. The molecule has 0 amide bonds. The van der Waals surface area contributed by atoms with E-state index in [0.717, 1.165) is 0 Å². The van der Waals surface area contributed by atoms with Gasteiger partial charge in [-0.3, -0.25) is 4.79 Å². The predicted octanol–water partition coefficient (Wildman–Crippen LogP) is 2.07. The van der Waals surface area contributed by atoms with E-state index in [0.29, 0.717) is 28.2 Å². The molecule has 5 atom stereocenters. The molecule has 0 unspecified atom stereocenters. The highest BCUT2D eigenvalue weighted by atomic mass is 16.7.